The number of rotatable bonds is 2. The molecule has 1 aromatic rings. The van der Waals surface area contributed by atoms with E-state index in [-0.39, 0.29) is 18.6 Å². The van der Waals surface area contributed by atoms with Gasteiger partial charge in [0, 0.05) is 24.0 Å². The van der Waals surface area contributed by atoms with Crippen LogP contribution in [-0.2, 0) is 0 Å². The molecule has 1 atom stereocenters. The highest BCUT2D eigenvalue weighted by atomic mass is 16.2. The minimum Gasteiger partial charge on any atom is -0.384 e. The molecule has 0 aliphatic heterocycles. The van der Waals surface area contributed by atoms with Crippen molar-refractivity contribution < 1.29 is 9.90 Å². The molecule has 1 aliphatic carbocycles. The van der Waals surface area contributed by atoms with Gasteiger partial charge >= 0.3 is 0 Å². The summed E-state index contributed by atoms with van der Waals surface area (Å²) < 4.78 is 0. The van der Waals surface area contributed by atoms with Gasteiger partial charge in [0.05, 0.1) is 5.56 Å². The highest BCUT2D eigenvalue weighted by Gasteiger charge is 2.31. The summed E-state index contributed by atoms with van der Waals surface area (Å²) in [7, 11) is 0. The maximum Gasteiger partial charge on any atom is 0.253 e. The minimum absolute atomic E-state index is 0.104. The van der Waals surface area contributed by atoms with E-state index in [0.29, 0.717) is 16.5 Å². The van der Waals surface area contributed by atoms with E-state index in [4.69, 9.17) is 5.11 Å². The number of amides is 1. The Morgan fingerprint density at radius 2 is 2.35 bits per heavy atom. The second-order valence-electron chi connectivity index (χ2n) is 6.00. The zero-order valence-electron chi connectivity index (χ0n) is 11.9. The van der Waals surface area contributed by atoms with Crippen LogP contribution in [0.15, 0.2) is 18.5 Å². The van der Waals surface area contributed by atoms with Crippen LogP contribution in [0.2, 0.25) is 0 Å². The largest absolute Gasteiger partial charge is 0.384 e. The van der Waals surface area contributed by atoms with Crippen molar-refractivity contribution in [1.82, 2.24) is 10.3 Å². The molecule has 2 rings (SSSR count). The molecule has 1 heterocycles. The molecule has 0 aromatic carbocycles. The molecule has 0 spiro atoms. The van der Waals surface area contributed by atoms with Crippen LogP contribution in [0.5, 0.6) is 0 Å². The third-order valence-corrected chi connectivity index (χ3v) is 3.62. The van der Waals surface area contributed by atoms with Gasteiger partial charge in [-0.25, -0.2) is 0 Å². The molecule has 20 heavy (non-hydrogen) atoms. The van der Waals surface area contributed by atoms with Crippen molar-refractivity contribution in [3.8, 4) is 11.8 Å². The van der Waals surface area contributed by atoms with Crippen LogP contribution < -0.4 is 5.32 Å². The lowest BCUT2D eigenvalue weighted by Gasteiger charge is -2.17. The molecule has 1 unspecified atom stereocenters. The Bertz CT molecular complexity index is 555. The van der Waals surface area contributed by atoms with Gasteiger partial charge in [-0.1, -0.05) is 25.7 Å². The van der Waals surface area contributed by atoms with Gasteiger partial charge in [-0.05, 0) is 30.7 Å². The van der Waals surface area contributed by atoms with Crippen LogP contribution in [0.25, 0.3) is 0 Å². The monoisotopic (exact) mass is 272 g/mol. The number of nitrogens with zero attached hydrogens (tertiary/aromatic N) is 1. The predicted molar refractivity (Wildman–Crippen MR) is 77.1 cm³/mol. The SMILES string of the molecule is CC1(C)CCC(NC(=O)c2cncc(C#CCO)c2)C1. The Labute approximate surface area is 119 Å². The molecule has 4 heteroatoms. The van der Waals surface area contributed by atoms with Gasteiger partial charge in [-0.2, -0.15) is 0 Å². The van der Waals surface area contributed by atoms with E-state index in [1.165, 1.54) is 0 Å². The fourth-order valence-corrected chi connectivity index (χ4v) is 2.60. The van der Waals surface area contributed by atoms with Crippen molar-refractivity contribution in [1.29, 1.82) is 0 Å². The standard InChI is InChI=1S/C16H20N2O2/c1-16(2)6-5-14(9-16)18-15(20)13-8-12(4-3-7-19)10-17-11-13/h8,10-11,14,19H,5-7,9H2,1-2H3,(H,18,20). The molecule has 1 saturated carbocycles. The predicted octanol–water partition coefficient (Wildman–Crippen LogP) is 1.73. The van der Waals surface area contributed by atoms with Crippen LogP contribution in [0.3, 0.4) is 0 Å². The van der Waals surface area contributed by atoms with E-state index in [0.717, 1.165) is 19.3 Å². The Morgan fingerprint density at radius 3 is 3.00 bits per heavy atom. The molecule has 1 aliphatic rings. The Kier molecular flexibility index (Phi) is 4.41. The molecular formula is C16H20N2O2. The molecule has 1 fully saturated rings. The maximum absolute atomic E-state index is 12.2. The summed E-state index contributed by atoms with van der Waals surface area (Å²) in [5, 5.41) is 11.7. The van der Waals surface area contributed by atoms with E-state index in [1.54, 1.807) is 18.5 Å². The third-order valence-electron chi connectivity index (χ3n) is 3.62. The minimum atomic E-state index is -0.201. The highest BCUT2D eigenvalue weighted by Crippen LogP contribution is 2.36. The molecule has 106 valence electrons. The molecule has 0 saturated heterocycles. The van der Waals surface area contributed by atoms with Crippen molar-refractivity contribution in [2.24, 2.45) is 5.41 Å². The van der Waals surface area contributed by atoms with Gasteiger partial charge in [0.1, 0.15) is 6.61 Å². The second kappa shape index (κ2) is 6.06. The number of aliphatic hydroxyl groups excluding tert-OH is 1. The van der Waals surface area contributed by atoms with Crippen molar-refractivity contribution in [2.45, 2.75) is 39.2 Å². The number of pyridine rings is 1. The number of aromatic nitrogens is 1. The lowest BCUT2D eigenvalue weighted by Crippen LogP contribution is -2.33. The van der Waals surface area contributed by atoms with Gasteiger partial charge in [0.25, 0.3) is 5.91 Å². The van der Waals surface area contributed by atoms with Crippen molar-refractivity contribution in [2.75, 3.05) is 6.61 Å². The summed E-state index contributed by atoms with van der Waals surface area (Å²) in [5.41, 5.74) is 1.46. The van der Waals surface area contributed by atoms with E-state index < -0.39 is 0 Å². The molecule has 2 N–H and O–H groups in total. The van der Waals surface area contributed by atoms with Crippen LogP contribution in [0.4, 0.5) is 0 Å². The first-order valence-corrected chi connectivity index (χ1v) is 6.86. The average Bonchev–Trinajstić information content (AvgIpc) is 2.76. The second-order valence-corrected chi connectivity index (χ2v) is 6.00. The average molecular weight is 272 g/mol. The zero-order chi connectivity index (χ0) is 14.6. The molecule has 0 radical (unpaired) electrons. The van der Waals surface area contributed by atoms with E-state index in [2.05, 4.69) is 36.0 Å². The summed E-state index contributed by atoms with van der Waals surface area (Å²) in [6, 6.07) is 1.94. The smallest absolute Gasteiger partial charge is 0.253 e. The summed E-state index contributed by atoms with van der Waals surface area (Å²) in [6.45, 7) is 4.26. The first-order valence-electron chi connectivity index (χ1n) is 6.86. The lowest BCUT2D eigenvalue weighted by molar-refractivity contribution is 0.0935. The van der Waals surface area contributed by atoms with E-state index in [9.17, 15) is 4.79 Å². The van der Waals surface area contributed by atoms with Gasteiger partial charge in [-0.3, -0.25) is 9.78 Å². The van der Waals surface area contributed by atoms with Gasteiger partial charge in [-0.15, -0.1) is 0 Å². The Morgan fingerprint density at radius 1 is 1.55 bits per heavy atom. The highest BCUT2D eigenvalue weighted by molar-refractivity contribution is 5.94. The number of hydrogen-bond donors (Lipinski definition) is 2. The van der Waals surface area contributed by atoms with Crippen molar-refractivity contribution in [3.05, 3.63) is 29.6 Å². The number of nitrogens with one attached hydrogen (secondary N) is 1. The van der Waals surface area contributed by atoms with Crippen LogP contribution >= 0.6 is 0 Å². The quantitative estimate of drug-likeness (QED) is 0.806. The van der Waals surface area contributed by atoms with Gasteiger partial charge in [0.2, 0.25) is 0 Å². The van der Waals surface area contributed by atoms with Crippen molar-refractivity contribution in [3.63, 3.8) is 0 Å². The zero-order valence-corrected chi connectivity index (χ0v) is 11.9. The molecule has 0 bridgehead atoms. The summed E-state index contributed by atoms with van der Waals surface area (Å²) in [4.78, 5) is 16.2. The van der Waals surface area contributed by atoms with Crippen LogP contribution in [0.1, 0.15) is 49.0 Å². The van der Waals surface area contributed by atoms with Gasteiger partial charge < -0.3 is 10.4 Å². The summed E-state index contributed by atoms with van der Waals surface area (Å²) in [5.74, 6) is 5.20. The normalized spacial score (nSPS) is 20.1. The lowest BCUT2D eigenvalue weighted by atomic mass is 9.92. The number of carbonyl (C=O) groups is 1. The number of hydrogen-bond acceptors (Lipinski definition) is 3. The number of aliphatic hydroxyl groups is 1. The van der Waals surface area contributed by atoms with E-state index >= 15 is 0 Å². The first kappa shape index (κ1) is 14.5. The third kappa shape index (κ3) is 3.82. The van der Waals surface area contributed by atoms with Crippen LogP contribution in [0, 0.1) is 17.3 Å². The first-order chi connectivity index (χ1) is 9.50. The maximum atomic E-state index is 12.2. The molecular weight excluding hydrogens is 252 g/mol. The number of carbonyl (C=O) groups excluding carboxylic acids is 1. The summed E-state index contributed by atoms with van der Waals surface area (Å²) >= 11 is 0. The van der Waals surface area contributed by atoms with Crippen LogP contribution in [-0.4, -0.2) is 28.6 Å². The topological polar surface area (TPSA) is 62.2 Å². The Balaban J connectivity index is 2.02. The van der Waals surface area contributed by atoms with Crippen molar-refractivity contribution >= 4 is 5.91 Å². The Hall–Kier alpha value is -1.86. The molecule has 1 amide bonds. The fourth-order valence-electron chi connectivity index (χ4n) is 2.60. The summed E-state index contributed by atoms with van der Waals surface area (Å²) in [6.07, 6.45) is 6.29. The fraction of sp³-hybridized carbons (Fsp3) is 0.500. The van der Waals surface area contributed by atoms with E-state index in [1.807, 2.05) is 0 Å². The molecule has 1 aromatic heterocycles. The molecule has 4 nitrogen and oxygen atoms in total. The van der Waals surface area contributed by atoms with Gasteiger partial charge in [0.15, 0.2) is 0 Å².